The van der Waals surface area contributed by atoms with Crippen molar-refractivity contribution >= 4 is 0 Å². The minimum absolute atomic E-state index is 0.138. The zero-order valence-electron chi connectivity index (χ0n) is 12.9. The highest BCUT2D eigenvalue weighted by molar-refractivity contribution is 4.97. The fraction of sp³-hybridized carbons (Fsp3) is 1.00. The molecule has 2 nitrogen and oxygen atoms in total. The molecule has 2 fully saturated rings. The second-order valence-electron chi connectivity index (χ2n) is 7.27. The molecule has 0 aromatic carbocycles. The van der Waals surface area contributed by atoms with Gasteiger partial charge in [-0.05, 0) is 52.1 Å². The molecule has 0 aliphatic carbocycles. The summed E-state index contributed by atoms with van der Waals surface area (Å²) in [6.45, 7) is 9.20. The van der Waals surface area contributed by atoms with Crippen molar-refractivity contribution in [2.24, 2.45) is 11.3 Å². The third-order valence-corrected chi connectivity index (χ3v) is 5.27. The molecule has 1 atom stereocenters. The molecule has 0 bridgehead atoms. The molecule has 0 aromatic rings. The Bertz CT molecular complexity index is 344. The molecule has 2 aliphatic heterocycles. The van der Waals surface area contributed by atoms with Crippen molar-refractivity contribution in [3.63, 3.8) is 0 Å². The average Bonchev–Trinajstić information content (AvgIpc) is 2.68. The molecule has 0 aromatic heterocycles. The Balaban J connectivity index is 2.01. The van der Waals surface area contributed by atoms with Crippen molar-refractivity contribution in [3.8, 4) is 0 Å². The van der Waals surface area contributed by atoms with Gasteiger partial charge in [0.05, 0.1) is 17.6 Å². The minimum Gasteiger partial charge on any atom is -0.374 e. The number of alkyl halides is 3. The highest BCUT2D eigenvalue weighted by Gasteiger charge is 2.57. The summed E-state index contributed by atoms with van der Waals surface area (Å²) in [5.41, 5.74) is -1.64. The lowest BCUT2D eigenvalue weighted by molar-refractivity contribution is -0.254. The summed E-state index contributed by atoms with van der Waals surface area (Å²) in [5, 5.41) is 0. The van der Waals surface area contributed by atoms with E-state index >= 15 is 0 Å². The van der Waals surface area contributed by atoms with Gasteiger partial charge in [-0.2, -0.15) is 13.2 Å². The van der Waals surface area contributed by atoms with Crippen molar-refractivity contribution in [2.45, 2.75) is 64.8 Å². The monoisotopic (exact) mass is 293 g/mol. The van der Waals surface area contributed by atoms with E-state index < -0.39 is 11.6 Å². The van der Waals surface area contributed by atoms with Crippen LogP contribution < -0.4 is 0 Å². The fourth-order valence-corrected chi connectivity index (χ4v) is 3.72. The van der Waals surface area contributed by atoms with Gasteiger partial charge in [0, 0.05) is 6.04 Å². The Labute approximate surface area is 119 Å². The SMILES string of the molecule is CC(C)C1(C(F)(F)F)CCN(C2COC(C)(C)C2)CC1. The third kappa shape index (κ3) is 2.84. The number of likely N-dealkylation sites (tertiary alicyclic amines) is 1. The summed E-state index contributed by atoms with van der Waals surface area (Å²) in [7, 11) is 0. The zero-order valence-corrected chi connectivity index (χ0v) is 12.9. The van der Waals surface area contributed by atoms with Crippen molar-refractivity contribution in [2.75, 3.05) is 19.7 Å². The van der Waals surface area contributed by atoms with Crippen LogP contribution in [0.5, 0.6) is 0 Å². The maximum absolute atomic E-state index is 13.4. The largest absolute Gasteiger partial charge is 0.394 e. The van der Waals surface area contributed by atoms with E-state index in [4.69, 9.17) is 4.74 Å². The van der Waals surface area contributed by atoms with E-state index in [1.165, 1.54) is 0 Å². The number of nitrogens with zero attached hydrogens (tertiary/aromatic N) is 1. The van der Waals surface area contributed by atoms with E-state index in [0.29, 0.717) is 19.7 Å². The van der Waals surface area contributed by atoms with Gasteiger partial charge in [-0.15, -0.1) is 0 Å². The van der Waals surface area contributed by atoms with E-state index in [1.807, 2.05) is 13.8 Å². The van der Waals surface area contributed by atoms with Crippen LogP contribution in [0.4, 0.5) is 13.2 Å². The quantitative estimate of drug-likeness (QED) is 0.766. The van der Waals surface area contributed by atoms with Gasteiger partial charge in [-0.3, -0.25) is 4.90 Å². The average molecular weight is 293 g/mol. The van der Waals surface area contributed by atoms with Crippen LogP contribution >= 0.6 is 0 Å². The zero-order chi connectivity index (χ0) is 15.2. The van der Waals surface area contributed by atoms with E-state index in [1.54, 1.807) is 13.8 Å². The predicted molar refractivity (Wildman–Crippen MR) is 72.6 cm³/mol. The number of hydrogen-bond donors (Lipinski definition) is 0. The smallest absolute Gasteiger partial charge is 0.374 e. The van der Waals surface area contributed by atoms with Gasteiger partial charge in [0.15, 0.2) is 0 Å². The normalized spacial score (nSPS) is 30.9. The lowest BCUT2D eigenvalue weighted by atomic mass is 9.69. The summed E-state index contributed by atoms with van der Waals surface area (Å²) >= 11 is 0. The molecule has 2 heterocycles. The second kappa shape index (κ2) is 5.16. The molecule has 0 amide bonds. The van der Waals surface area contributed by atoms with Gasteiger partial charge in [0.25, 0.3) is 0 Å². The number of hydrogen-bond acceptors (Lipinski definition) is 2. The van der Waals surface area contributed by atoms with Crippen molar-refractivity contribution in [1.29, 1.82) is 0 Å². The Hall–Kier alpha value is -0.290. The standard InChI is InChI=1S/C15H26F3NO/c1-11(2)14(15(16,17)18)5-7-19(8-6-14)12-9-13(3,4)20-10-12/h11-12H,5-10H2,1-4H3. The van der Waals surface area contributed by atoms with E-state index in [9.17, 15) is 13.2 Å². The van der Waals surface area contributed by atoms with E-state index in [2.05, 4.69) is 4.90 Å². The maximum atomic E-state index is 13.4. The minimum atomic E-state index is -4.10. The summed E-state index contributed by atoms with van der Waals surface area (Å²) < 4.78 is 46.0. The Kier molecular flexibility index (Phi) is 4.15. The first kappa shape index (κ1) is 16.1. The van der Waals surface area contributed by atoms with Crippen LogP contribution in [0, 0.1) is 11.3 Å². The van der Waals surface area contributed by atoms with Gasteiger partial charge in [0.2, 0.25) is 0 Å². The fourth-order valence-electron chi connectivity index (χ4n) is 3.72. The molecule has 0 N–H and O–H groups in total. The van der Waals surface area contributed by atoms with Crippen LogP contribution in [0.1, 0.15) is 47.0 Å². The molecule has 20 heavy (non-hydrogen) atoms. The summed E-state index contributed by atoms with van der Waals surface area (Å²) in [5.74, 6) is -0.360. The van der Waals surface area contributed by atoms with Crippen LogP contribution in [-0.4, -0.2) is 42.4 Å². The van der Waals surface area contributed by atoms with Crippen molar-refractivity contribution in [3.05, 3.63) is 0 Å². The number of halogens is 3. The highest BCUT2D eigenvalue weighted by Crippen LogP contribution is 2.51. The molecular formula is C15H26F3NO. The molecule has 2 saturated heterocycles. The van der Waals surface area contributed by atoms with Crippen LogP contribution in [0.2, 0.25) is 0 Å². The van der Waals surface area contributed by atoms with E-state index in [-0.39, 0.29) is 30.4 Å². The molecule has 2 rings (SSSR count). The maximum Gasteiger partial charge on any atom is 0.394 e. The second-order valence-corrected chi connectivity index (χ2v) is 7.27. The molecule has 1 unspecified atom stereocenters. The van der Waals surface area contributed by atoms with E-state index in [0.717, 1.165) is 6.42 Å². The molecule has 0 radical (unpaired) electrons. The molecular weight excluding hydrogens is 267 g/mol. The van der Waals surface area contributed by atoms with Gasteiger partial charge >= 0.3 is 6.18 Å². The van der Waals surface area contributed by atoms with Gasteiger partial charge in [-0.1, -0.05) is 13.8 Å². The Morgan fingerprint density at radius 1 is 1.15 bits per heavy atom. The van der Waals surface area contributed by atoms with Gasteiger partial charge < -0.3 is 4.74 Å². The molecule has 5 heteroatoms. The number of ether oxygens (including phenoxy) is 1. The number of rotatable bonds is 2. The molecule has 0 saturated carbocycles. The molecule has 2 aliphatic rings. The first-order valence-electron chi connectivity index (χ1n) is 7.52. The van der Waals surface area contributed by atoms with Crippen LogP contribution in [0.25, 0.3) is 0 Å². The predicted octanol–water partition coefficient (Wildman–Crippen LogP) is 3.85. The first-order valence-corrected chi connectivity index (χ1v) is 7.52. The van der Waals surface area contributed by atoms with Crippen LogP contribution in [0.3, 0.4) is 0 Å². The summed E-state index contributed by atoms with van der Waals surface area (Å²) in [4.78, 5) is 2.20. The highest BCUT2D eigenvalue weighted by atomic mass is 19.4. The first-order chi connectivity index (χ1) is 9.07. The summed E-state index contributed by atoms with van der Waals surface area (Å²) in [6.07, 6.45) is -2.76. The van der Waals surface area contributed by atoms with Gasteiger partial charge in [0.1, 0.15) is 0 Å². The van der Waals surface area contributed by atoms with Crippen molar-refractivity contribution in [1.82, 2.24) is 4.90 Å². The lowest BCUT2D eigenvalue weighted by Crippen LogP contribution is -2.53. The Morgan fingerprint density at radius 2 is 1.70 bits per heavy atom. The third-order valence-electron chi connectivity index (χ3n) is 5.27. The number of piperidine rings is 1. The molecule has 0 spiro atoms. The van der Waals surface area contributed by atoms with Crippen LogP contribution in [0.15, 0.2) is 0 Å². The lowest BCUT2D eigenvalue weighted by Gasteiger charge is -2.46. The van der Waals surface area contributed by atoms with Crippen LogP contribution in [-0.2, 0) is 4.74 Å². The topological polar surface area (TPSA) is 12.5 Å². The summed E-state index contributed by atoms with van der Waals surface area (Å²) in [6, 6.07) is 0.281. The Morgan fingerprint density at radius 3 is 2.05 bits per heavy atom. The van der Waals surface area contributed by atoms with Gasteiger partial charge in [-0.25, -0.2) is 0 Å². The van der Waals surface area contributed by atoms with Crippen molar-refractivity contribution < 1.29 is 17.9 Å². The molecule has 118 valence electrons.